The summed E-state index contributed by atoms with van der Waals surface area (Å²) in [6.07, 6.45) is 12.1. The molecular weight excluding hydrogens is 446 g/mol. The van der Waals surface area contributed by atoms with Gasteiger partial charge >= 0.3 is 0 Å². The number of carbonyl (C=O) groups excluding carboxylic acids is 1. The van der Waals surface area contributed by atoms with E-state index in [4.69, 9.17) is 10.00 Å². The molecule has 0 bridgehead atoms. The van der Waals surface area contributed by atoms with Crippen LogP contribution in [0.15, 0.2) is 48.6 Å². The standard InChI is InChI=1S/C32H41NO3/c1-5-6-24-17-25-18-32(35,36-20-23-9-7-22(19-33)8-10-23)16-15-30(25,3)28-13-14-31(4)26(21(2)34)11-12-27(31)29(24)28/h5,7-10,17,24,26-29,35H,1,6,11-16,18,20H2,2-4H3/t24?,26-,27+,28+,29+,30+,31-,32?/m1/s1. The van der Waals surface area contributed by atoms with Gasteiger partial charge in [-0.3, -0.25) is 4.79 Å². The van der Waals surface area contributed by atoms with E-state index in [1.54, 1.807) is 19.1 Å². The zero-order chi connectivity index (χ0) is 25.7. The van der Waals surface area contributed by atoms with Gasteiger partial charge < -0.3 is 9.84 Å². The molecule has 3 saturated carbocycles. The highest BCUT2D eigenvalue weighted by Crippen LogP contribution is 2.68. The van der Waals surface area contributed by atoms with E-state index in [2.05, 4.69) is 38.6 Å². The van der Waals surface area contributed by atoms with Crippen LogP contribution in [0, 0.1) is 51.8 Å². The first-order valence-electron chi connectivity index (χ1n) is 13.8. The van der Waals surface area contributed by atoms with Gasteiger partial charge in [-0.15, -0.1) is 6.58 Å². The topological polar surface area (TPSA) is 70.3 Å². The van der Waals surface area contributed by atoms with Crippen molar-refractivity contribution in [2.24, 2.45) is 40.4 Å². The Morgan fingerprint density at radius 2 is 1.92 bits per heavy atom. The van der Waals surface area contributed by atoms with Gasteiger partial charge in [0.1, 0.15) is 5.78 Å². The van der Waals surface area contributed by atoms with Crippen molar-refractivity contribution in [2.75, 3.05) is 0 Å². The van der Waals surface area contributed by atoms with Gasteiger partial charge in [0.25, 0.3) is 0 Å². The molecule has 4 heteroatoms. The molecular formula is C32H41NO3. The summed E-state index contributed by atoms with van der Waals surface area (Å²) >= 11 is 0. The number of carbonyl (C=O) groups is 1. The van der Waals surface area contributed by atoms with Crippen LogP contribution in [0.25, 0.3) is 0 Å². The number of nitriles is 1. The molecule has 192 valence electrons. The third kappa shape index (κ3) is 4.09. The lowest BCUT2D eigenvalue weighted by Crippen LogP contribution is -2.55. The van der Waals surface area contributed by atoms with Crippen LogP contribution >= 0.6 is 0 Å². The van der Waals surface area contributed by atoms with Crippen molar-refractivity contribution in [1.82, 2.24) is 0 Å². The smallest absolute Gasteiger partial charge is 0.169 e. The van der Waals surface area contributed by atoms with Crippen LogP contribution in [0.3, 0.4) is 0 Å². The highest BCUT2D eigenvalue weighted by atomic mass is 16.6. The van der Waals surface area contributed by atoms with Crippen LogP contribution in [0.5, 0.6) is 0 Å². The van der Waals surface area contributed by atoms with Gasteiger partial charge in [-0.2, -0.15) is 5.26 Å². The molecule has 0 aliphatic heterocycles. The second kappa shape index (κ2) is 9.26. The molecule has 1 N–H and O–H groups in total. The average molecular weight is 488 g/mol. The number of ether oxygens (including phenoxy) is 1. The number of rotatable bonds is 6. The number of aliphatic hydroxyl groups is 1. The normalized spacial score (nSPS) is 41.3. The van der Waals surface area contributed by atoms with E-state index in [1.807, 2.05) is 12.1 Å². The van der Waals surface area contributed by atoms with Gasteiger partial charge in [-0.1, -0.05) is 43.7 Å². The molecule has 2 unspecified atom stereocenters. The maximum atomic E-state index is 12.5. The summed E-state index contributed by atoms with van der Waals surface area (Å²) in [5, 5.41) is 20.5. The Hall–Kier alpha value is -2.22. The van der Waals surface area contributed by atoms with Crippen molar-refractivity contribution < 1.29 is 14.6 Å². The lowest BCUT2D eigenvalue weighted by atomic mass is 9.45. The van der Waals surface area contributed by atoms with E-state index in [0.717, 1.165) is 44.1 Å². The SMILES string of the molecule is C=CCC1C=C2CC(O)(OCc3ccc(C#N)cc3)CC[C@]2(C)[C@H]2CC[C@]3(C)[C@@H](C(C)=O)CC[C@H]3[C@H]12. The molecule has 4 nitrogen and oxygen atoms in total. The second-order valence-electron chi connectivity index (χ2n) is 12.6. The maximum absolute atomic E-state index is 12.5. The zero-order valence-corrected chi connectivity index (χ0v) is 22.1. The molecule has 0 saturated heterocycles. The predicted octanol–water partition coefficient (Wildman–Crippen LogP) is 6.73. The van der Waals surface area contributed by atoms with Crippen LogP contribution in [0.4, 0.5) is 0 Å². The van der Waals surface area contributed by atoms with Crippen molar-refractivity contribution >= 4 is 5.78 Å². The summed E-state index contributed by atoms with van der Waals surface area (Å²) in [7, 11) is 0. The first-order chi connectivity index (χ1) is 17.1. The summed E-state index contributed by atoms with van der Waals surface area (Å²) in [5.41, 5.74) is 3.14. The minimum atomic E-state index is -1.17. The van der Waals surface area contributed by atoms with Crippen molar-refractivity contribution in [3.05, 3.63) is 59.7 Å². The van der Waals surface area contributed by atoms with Crippen LogP contribution in [-0.4, -0.2) is 16.7 Å². The fourth-order valence-corrected chi connectivity index (χ4v) is 8.88. The summed E-state index contributed by atoms with van der Waals surface area (Å²) in [6.45, 7) is 11.0. The molecule has 8 atom stereocenters. The summed E-state index contributed by atoms with van der Waals surface area (Å²) in [5.74, 6) is 1.56. The Kier molecular flexibility index (Phi) is 6.54. The number of nitrogens with zero attached hydrogens (tertiary/aromatic N) is 1. The Bertz CT molecular complexity index is 1100. The van der Waals surface area contributed by atoms with Gasteiger partial charge in [0.2, 0.25) is 0 Å². The van der Waals surface area contributed by atoms with E-state index in [0.29, 0.717) is 54.5 Å². The van der Waals surface area contributed by atoms with E-state index < -0.39 is 5.79 Å². The highest BCUT2D eigenvalue weighted by molar-refractivity contribution is 5.79. The molecule has 0 radical (unpaired) electrons. The van der Waals surface area contributed by atoms with Crippen LogP contribution in [-0.2, 0) is 16.1 Å². The van der Waals surface area contributed by atoms with Gasteiger partial charge in [0.05, 0.1) is 18.2 Å². The molecule has 5 rings (SSSR count). The van der Waals surface area contributed by atoms with Gasteiger partial charge in [-0.25, -0.2) is 0 Å². The van der Waals surface area contributed by atoms with Gasteiger partial charge in [0, 0.05) is 18.8 Å². The third-order valence-corrected chi connectivity index (χ3v) is 10.8. The molecule has 1 aromatic rings. The molecule has 0 heterocycles. The number of Topliss-reactive ketones (excluding diaryl/α,β-unsaturated/α-hetero) is 1. The number of allylic oxidation sites excluding steroid dienone is 2. The predicted molar refractivity (Wildman–Crippen MR) is 140 cm³/mol. The number of hydrogen-bond donors (Lipinski definition) is 1. The number of ketones is 1. The molecule has 3 fully saturated rings. The van der Waals surface area contributed by atoms with Gasteiger partial charge in [-0.05, 0) is 97.6 Å². The van der Waals surface area contributed by atoms with E-state index in [9.17, 15) is 9.90 Å². The first-order valence-corrected chi connectivity index (χ1v) is 13.8. The Labute approximate surface area is 216 Å². The van der Waals surface area contributed by atoms with Crippen molar-refractivity contribution in [2.45, 2.75) is 84.5 Å². The third-order valence-electron chi connectivity index (χ3n) is 10.8. The molecule has 4 aliphatic carbocycles. The summed E-state index contributed by atoms with van der Waals surface area (Å²) < 4.78 is 6.16. The van der Waals surface area contributed by atoms with E-state index in [-0.39, 0.29) is 16.7 Å². The molecule has 0 spiro atoms. The quantitative estimate of drug-likeness (QED) is 0.357. The summed E-state index contributed by atoms with van der Waals surface area (Å²) in [6, 6.07) is 9.52. The minimum absolute atomic E-state index is 0.0714. The van der Waals surface area contributed by atoms with E-state index in [1.165, 1.54) is 5.57 Å². The lowest BCUT2D eigenvalue weighted by molar-refractivity contribution is -0.232. The van der Waals surface area contributed by atoms with Gasteiger partial charge in [0.15, 0.2) is 5.79 Å². The second-order valence-corrected chi connectivity index (χ2v) is 12.6. The molecule has 36 heavy (non-hydrogen) atoms. The first kappa shape index (κ1) is 25.4. The Morgan fingerprint density at radius 1 is 1.17 bits per heavy atom. The summed E-state index contributed by atoms with van der Waals surface area (Å²) in [4.78, 5) is 12.5. The largest absolute Gasteiger partial charge is 0.365 e. The fraction of sp³-hybridized carbons (Fsp3) is 0.625. The van der Waals surface area contributed by atoms with Crippen molar-refractivity contribution in [1.29, 1.82) is 5.26 Å². The van der Waals surface area contributed by atoms with Crippen LogP contribution < -0.4 is 0 Å². The van der Waals surface area contributed by atoms with E-state index >= 15 is 0 Å². The van der Waals surface area contributed by atoms with Crippen LogP contribution in [0.2, 0.25) is 0 Å². The van der Waals surface area contributed by atoms with Crippen LogP contribution in [0.1, 0.15) is 83.3 Å². The zero-order valence-electron chi connectivity index (χ0n) is 22.1. The maximum Gasteiger partial charge on any atom is 0.169 e. The number of fused-ring (bicyclic) bond motifs is 5. The number of hydrogen-bond acceptors (Lipinski definition) is 4. The van der Waals surface area contributed by atoms with Crippen molar-refractivity contribution in [3.63, 3.8) is 0 Å². The average Bonchev–Trinajstić information content (AvgIpc) is 3.22. The molecule has 4 aliphatic rings. The molecule has 1 aromatic carbocycles. The lowest BCUT2D eigenvalue weighted by Gasteiger charge is -2.60. The highest BCUT2D eigenvalue weighted by Gasteiger charge is 2.62. The molecule has 0 amide bonds. The Balaban J connectivity index is 1.40. The Morgan fingerprint density at radius 3 is 2.58 bits per heavy atom. The monoisotopic (exact) mass is 487 g/mol. The molecule has 0 aromatic heterocycles. The minimum Gasteiger partial charge on any atom is -0.365 e. The number of benzene rings is 1. The fourth-order valence-electron chi connectivity index (χ4n) is 8.88. The van der Waals surface area contributed by atoms with Crippen molar-refractivity contribution in [3.8, 4) is 6.07 Å².